The molecule has 0 spiro atoms. The lowest BCUT2D eigenvalue weighted by Gasteiger charge is -2.04. The number of hydrazone groups is 1. The van der Waals surface area contributed by atoms with E-state index in [9.17, 15) is 9.18 Å². The van der Waals surface area contributed by atoms with E-state index in [1.807, 2.05) is 54.1 Å². The molecule has 120 valence electrons. The third kappa shape index (κ3) is 3.57. The summed E-state index contributed by atoms with van der Waals surface area (Å²) in [6.07, 6.45) is 3.49. The Kier molecular flexibility index (Phi) is 4.52. The third-order valence-electron chi connectivity index (χ3n) is 3.53. The highest BCUT2D eigenvalue weighted by Gasteiger charge is 2.05. The van der Waals surface area contributed by atoms with Crippen LogP contribution in [-0.2, 0) is 0 Å². The number of hydrogen-bond donors (Lipinski definition) is 1. The standard InChI is InChI=1S/C19H16FN3O/c1-14-10-15(13-23(14)18-8-3-2-4-9-18)12-21-22-19(24)16-6-5-7-17(20)11-16/h2-13H,1H3,(H,22,24)/b21-12-. The zero-order chi connectivity index (χ0) is 16.9. The lowest BCUT2D eigenvalue weighted by molar-refractivity contribution is 0.0954. The Morgan fingerprint density at radius 1 is 1.12 bits per heavy atom. The van der Waals surface area contributed by atoms with Crippen LogP contribution in [0.3, 0.4) is 0 Å². The average molecular weight is 321 g/mol. The van der Waals surface area contributed by atoms with E-state index in [-0.39, 0.29) is 5.56 Å². The van der Waals surface area contributed by atoms with Gasteiger partial charge in [-0.2, -0.15) is 5.10 Å². The van der Waals surface area contributed by atoms with Crippen molar-refractivity contribution in [1.29, 1.82) is 0 Å². The van der Waals surface area contributed by atoms with Gasteiger partial charge >= 0.3 is 0 Å². The van der Waals surface area contributed by atoms with Gasteiger partial charge in [0, 0.05) is 28.7 Å². The highest BCUT2D eigenvalue weighted by atomic mass is 19.1. The molecule has 3 rings (SSSR count). The molecule has 0 atom stereocenters. The molecule has 0 unspecified atom stereocenters. The number of benzene rings is 2. The van der Waals surface area contributed by atoms with Gasteiger partial charge in [0.2, 0.25) is 0 Å². The quantitative estimate of drug-likeness (QED) is 0.578. The average Bonchev–Trinajstić information content (AvgIpc) is 2.96. The van der Waals surface area contributed by atoms with Gasteiger partial charge < -0.3 is 4.57 Å². The van der Waals surface area contributed by atoms with Crippen LogP contribution < -0.4 is 5.43 Å². The van der Waals surface area contributed by atoms with Gasteiger partial charge in [0.1, 0.15) is 5.82 Å². The largest absolute Gasteiger partial charge is 0.321 e. The summed E-state index contributed by atoms with van der Waals surface area (Å²) in [5.74, 6) is -0.910. The van der Waals surface area contributed by atoms with Crippen LogP contribution >= 0.6 is 0 Å². The summed E-state index contributed by atoms with van der Waals surface area (Å²) in [5, 5.41) is 3.94. The van der Waals surface area contributed by atoms with Gasteiger partial charge in [0.05, 0.1) is 6.21 Å². The van der Waals surface area contributed by atoms with Gasteiger partial charge in [0.15, 0.2) is 0 Å². The number of rotatable bonds is 4. The number of aromatic nitrogens is 1. The maximum absolute atomic E-state index is 13.1. The number of para-hydroxylation sites is 1. The molecular weight excluding hydrogens is 305 g/mol. The highest BCUT2D eigenvalue weighted by Crippen LogP contribution is 2.14. The fourth-order valence-electron chi connectivity index (χ4n) is 2.40. The molecule has 0 aliphatic carbocycles. The summed E-state index contributed by atoms with van der Waals surface area (Å²) < 4.78 is 15.1. The number of carbonyl (C=O) groups is 1. The summed E-state index contributed by atoms with van der Waals surface area (Å²) in [5.41, 5.74) is 5.59. The lowest BCUT2D eigenvalue weighted by atomic mass is 10.2. The molecule has 1 heterocycles. The monoisotopic (exact) mass is 321 g/mol. The predicted molar refractivity (Wildman–Crippen MR) is 92.0 cm³/mol. The number of halogens is 1. The first-order valence-corrected chi connectivity index (χ1v) is 7.47. The van der Waals surface area contributed by atoms with E-state index in [0.29, 0.717) is 0 Å². The number of amides is 1. The molecule has 1 amide bonds. The van der Waals surface area contributed by atoms with Crippen LogP contribution in [0.15, 0.2) is 72.0 Å². The van der Waals surface area contributed by atoms with Crippen LogP contribution in [0.25, 0.3) is 5.69 Å². The Morgan fingerprint density at radius 3 is 2.67 bits per heavy atom. The summed E-state index contributed by atoms with van der Waals surface area (Å²) in [6, 6.07) is 17.4. The van der Waals surface area contributed by atoms with Crippen molar-refractivity contribution >= 4 is 12.1 Å². The van der Waals surface area contributed by atoms with Crippen molar-refractivity contribution in [2.45, 2.75) is 6.92 Å². The Bertz CT molecular complexity index is 885. The number of aryl methyl sites for hydroxylation is 1. The van der Waals surface area contributed by atoms with Crippen LogP contribution in [-0.4, -0.2) is 16.7 Å². The van der Waals surface area contributed by atoms with Crippen molar-refractivity contribution in [1.82, 2.24) is 9.99 Å². The molecule has 0 aliphatic rings. The van der Waals surface area contributed by atoms with Crippen LogP contribution in [0.4, 0.5) is 4.39 Å². The minimum atomic E-state index is -0.456. The Morgan fingerprint density at radius 2 is 1.92 bits per heavy atom. The number of hydrogen-bond acceptors (Lipinski definition) is 2. The smallest absolute Gasteiger partial charge is 0.271 e. The summed E-state index contributed by atoms with van der Waals surface area (Å²) in [7, 11) is 0. The fraction of sp³-hybridized carbons (Fsp3) is 0.0526. The van der Waals surface area contributed by atoms with E-state index in [1.165, 1.54) is 24.3 Å². The van der Waals surface area contributed by atoms with Gasteiger partial charge in [0.25, 0.3) is 5.91 Å². The summed E-state index contributed by atoms with van der Waals surface area (Å²) in [6.45, 7) is 2.00. The second kappa shape index (κ2) is 6.91. The van der Waals surface area contributed by atoms with Crippen LogP contribution in [0.2, 0.25) is 0 Å². The zero-order valence-electron chi connectivity index (χ0n) is 13.1. The van der Waals surface area contributed by atoms with Gasteiger partial charge in [-0.05, 0) is 43.3 Å². The Balaban J connectivity index is 1.70. The van der Waals surface area contributed by atoms with E-state index in [2.05, 4.69) is 10.5 Å². The van der Waals surface area contributed by atoms with E-state index in [4.69, 9.17) is 0 Å². The van der Waals surface area contributed by atoms with Crippen molar-refractivity contribution in [3.05, 3.63) is 89.5 Å². The summed E-state index contributed by atoms with van der Waals surface area (Å²) in [4.78, 5) is 11.9. The van der Waals surface area contributed by atoms with Crippen molar-refractivity contribution in [3.8, 4) is 5.69 Å². The van der Waals surface area contributed by atoms with Crippen molar-refractivity contribution in [2.24, 2.45) is 5.10 Å². The second-order valence-corrected chi connectivity index (χ2v) is 5.33. The molecule has 0 saturated carbocycles. The summed E-state index contributed by atoms with van der Waals surface area (Å²) >= 11 is 0. The molecule has 3 aromatic rings. The molecule has 5 heteroatoms. The minimum absolute atomic E-state index is 0.227. The van der Waals surface area contributed by atoms with Crippen molar-refractivity contribution in [3.63, 3.8) is 0 Å². The van der Waals surface area contributed by atoms with Crippen LogP contribution in [0, 0.1) is 12.7 Å². The van der Waals surface area contributed by atoms with E-state index in [1.54, 1.807) is 6.21 Å². The molecule has 0 radical (unpaired) electrons. The zero-order valence-corrected chi connectivity index (χ0v) is 13.1. The Labute approximate surface area is 139 Å². The minimum Gasteiger partial charge on any atom is -0.321 e. The molecule has 0 aliphatic heterocycles. The first-order valence-electron chi connectivity index (χ1n) is 7.47. The normalized spacial score (nSPS) is 10.9. The number of nitrogens with one attached hydrogen (secondary N) is 1. The van der Waals surface area contributed by atoms with Crippen LogP contribution in [0.1, 0.15) is 21.6 Å². The van der Waals surface area contributed by atoms with Crippen molar-refractivity contribution in [2.75, 3.05) is 0 Å². The van der Waals surface area contributed by atoms with Gasteiger partial charge in [-0.3, -0.25) is 4.79 Å². The fourth-order valence-corrected chi connectivity index (χ4v) is 2.40. The number of nitrogens with zero attached hydrogens (tertiary/aromatic N) is 2. The first-order chi connectivity index (χ1) is 11.6. The molecule has 4 nitrogen and oxygen atoms in total. The molecule has 0 fully saturated rings. The van der Waals surface area contributed by atoms with E-state index in [0.717, 1.165) is 16.9 Å². The van der Waals surface area contributed by atoms with Gasteiger partial charge in [-0.1, -0.05) is 24.3 Å². The van der Waals surface area contributed by atoms with Gasteiger partial charge in [-0.15, -0.1) is 0 Å². The van der Waals surface area contributed by atoms with Crippen LogP contribution in [0.5, 0.6) is 0 Å². The van der Waals surface area contributed by atoms with E-state index < -0.39 is 11.7 Å². The van der Waals surface area contributed by atoms with Gasteiger partial charge in [-0.25, -0.2) is 9.82 Å². The topological polar surface area (TPSA) is 46.4 Å². The predicted octanol–water partition coefficient (Wildman–Crippen LogP) is 3.69. The third-order valence-corrected chi connectivity index (χ3v) is 3.53. The van der Waals surface area contributed by atoms with Crippen molar-refractivity contribution < 1.29 is 9.18 Å². The molecule has 1 aromatic heterocycles. The first kappa shape index (κ1) is 15.7. The van der Waals surface area contributed by atoms with E-state index >= 15 is 0 Å². The molecule has 24 heavy (non-hydrogen) atoms. The maximum Gasteiger partial charge on any atom is 0.271 e. The maximum atomic E-state index is 13.1. The Hall–Kier alpha value is -3.21. The molecule has 0 bridgehead atoms. The number of carbonyl (C=O) groups excluding carboxylic acids is 1. The second-order valence-electron chi connectivity index (χ2n) is 5.33. The molecule has 2 aromatic carbocycles. The lowest BCUT2D eigenvalue weighted by Crippen LogP contribution is -2.17. The highest BCUT2D eigenvalue weighted by molar-refractivity contribution is 5.94. The SMILES string of the molecule is Cc1cc(/C=N\NC(=O)c2cccc(F)c2)cn1-c1ccccc1. The molecule has 1 N–H and O–H groups in total. The molecular formula is C19H16FN3O. The molecule has 0 saturated heterocycles.